The van der Waals surface area contributed by atoms with Crippen molar-refractivity contribution in [2.24, 2.45) is 5.92 Å². The largest absolute Gasteiger partial charge is 0.513 e. The van der Waals surface area contributed by atoms with Crippen molar-refractivity contribution < 1.29 is 19.4 Å². The van der Waals surface area contributed by atoms with E-state index in [4.69, 9.17) is 9.47 Å². The maximum Gasteiger partial charge on any atom is 0.410 e. The van der Waals surface area contributed by atoms with Gasteiger partial charge in [-0.3, -0.25) is 0 Å². The Kier molecular flexibility index (Phi) is 5.22. The van der Waals surface area contributed by atoms with Gasteiger partial charge in [-0.2, -0.15) is 0 Å². The maximum atomic E-state index is 12.1. The van der Waals surface area contributed by atoms with Crippen LogP contribution in [-0.2, 0) is 16.1 Å². The Morgan fingerprint density at radius 2 is 2.10 bits per heavy atom. The molecule has 1 saturated heterocycles. The monoisotopic (exact) mass is 291 g/mol. The molecule has 0 aliphatic carbocycles. The van der Waals surface area contributed by atoms with Crippen molar-refractivity contribution in [2.75, 3.05) is 20.2 Å². The molecule has 2 rings (SSSR count). The van der Waals surface area contributed by atoms with Crippen LogP contribution in [0, 0.1) is 5.92 Å². The van der Waals surface area contributed by atoms with Crippen molar-refractivity contribution in [1.29, 1.82) is 0 Å². The molecule has 1 amide bonds. The first-order valence-corrected chi connectivity index (χ1v) is 6.96. The Balaban J connectivity index is 1.92. The predicted molar refractivity (Wildman–Crippen MR) is 78.9 cm³/mol. The molecule has 1 N–H and O–H groups in total. The average molecular weight is 291 g/mol. The van der Waals surface area contributed by atoms with Gasteiger partial charge in [0.05, 0.1) is 18.4 Å². The van der Waals surface area contributed by atoms with Crippen LogP contribution in [0.5, 0.6) is 0 Å². The second kappa shape index (κ2) is 7.13. The topological polar surface area (TPSA) is 59.0 Å². The van der Waals surface area contributed by atoms with Crippen molar-refractivity contribution in [3.8, 4) is 0 Å². The molecule has 1 fully saturated rings. The summed E-state index contributed by atoms with van der Waals surface area (Å²) in [7, 11) is 1.60. The van der Waals surface area contributed by atoms with E-state index in [1.165, 1.54) is 0 Å². The fraction of sp³-hybridized carbons (Fsp3) is 0.438. The molecule has 0 aromatic heterocycles. The van der Waals surface area contributed by atoms with Crippen LogP contribution in [-0.4, -0.2) is 42.4 Å². The molecule has 5 heteroatoms. The number of nitrogens with zero attached hydrogens (tertiary/aromatic N) is 1. The second-order valence-electron chi connectivity index (χ2n) is 5.23. The van der Waals surface area contributed by atoms with Gasteiger partial charge in [-0.05, 0) is 12.0 Å². The minimum Gasteiger partial charge on any atom is -0.513 e. The second-order valence-corrected chi connectivity index (χ2v) is 5.23. The van der Waals surface area contributed by atoms with Gasteiger partial charge < -0.3 is 19.5 Å². The quantitative estimate of drug-likeness (QED) is 0.867. The number of aliphatic hydroxyl groups excluding tert-OH is 1. The van der Waals surface area contributed by atoms with Gasteiger partial charge in [-0.15, -0.1) is 0 Å². The number of ether oxygens (including phenoxy) is 2. The summed E-state index contributed by atoms with van der Waals surface area (Å²) in [5, 5.41) is 9.57. The molecule has 0 spiro atoms. The van der Waals surface area contributed by atoms with Crippen LogP contribution in [0.3, 0.4) is 0 Å². The Bertz CT molecular complexity index is 488. The van der Waals surface area contributed by atoms with Crippen LogP contribution in [0.25, 0.3) is 0 Å². The number of carbonyl (C=O) groups excluding carboxylic acids is 1. The first kappa shape index (κ1) is 15.4. The number of hydrogen-bond donors (Lipinski definition) is 1. The number of rotatable bonds is 4. The van der Waals surface area contributed by atoms with Crippen LogP contribution in [0.4, 0.5) is 4.79 Å². The Hall–Kier alpha value is -2.01. The van der Waals surface area contributed by atoms with Crippen LogP contribution < -0.4 is 0 Å². The number of amides is 1. The van der Waals surface area contributed by atoms with Crippen molar-refractivity contribution in [3.05, 3.63) is 48.2 Å². The van der Waals surface area contributed by atoms with E-state index in [1.54, 1.807) is 12.0 Å². The van der Waals surface area contributed by atoms with Crippen LogP contribution in [0.2, 0.25) is 0 Å². The van der Waals surface area contributed by atoms with E-state index in [9.17, 15) is 9.90 Å². The molecule has 1 aliphatic rings. The number of benzene rings is 1. The van der Waals surface area contributed by atoms with Crippen molar-refractivity contribution in [3.63, 3.8) is 0 Å². The van der Waals surface area contributed by atoms with Gasteiger partial charge >= 0.3 is 6.09 Å². The molecule has 1 aromatic rings. The Morgan fingerprint density at radius 1 is 1.38 bits per heavy atom. The lowest BCUT2D eigenvalue weighted by atomic mass is 9.95. The molecule has 1 aromatic carbocycles. The predicted octanol–water partition coefficient (Wildman–Crippen LogP) is 2.73. The van der Waals surface area contributed by atoms with Crippen molar-refractivity contribution in [2.45, 2.75) is 19.1 Å². The lowest BCUT2D eigenvalue weighted by Crippen LogP contribution is -2.47. The lowest BCUT2D eigenvalue weighted by Gasteiger charge is -2.35. The van der Waals surface area contributed by atoms with E-state index in [2.05, 4.69) is 6.58 Å². The number of likely N-dealkylation sites (tertiary alicyclic amines) is 1. The fourth-order valence-corrected chi connectivity index (χ4v) is 2.42. The summed E-state index contributed by atoms with van der Waals surface area (Å²) in [6.45, 7) is 4.66. The zero-order valence-electron chi connectivity index (χ0n) is 12.2. The molecule has 0 saturated carbocycles. The van der Waals surface area contributed by atoms with Crippen LogP contribution >= 0.6 is 0 Å². The van der Waals surface area contributed by atoms with Crippen molar-refractivity contribution >= 4 is 6.09 Å². The van der Waals surface area contributed by atoms with E-state index >= 15 is 0 Å². The molecule has 114 valence electrons. The number of aliphatic hydroxyl groups is 1. The summed E-state index contributed by atoms with van der Waals surface area (Å²) in [5.41, 5.74) is 0.939. The fourth-order valence-electron chi connectivity index (χ4n) is 2.42. The molecule has 5 nitrogen and oxygen atoms in total. The average Bonchev–Trinajstić information content (AvgIpc) is 2.53. The van der Waals surface area contributed by atoms with Gasteiger partial charge in [0.1, 0.15) is 6.61 Å². The standard InChI is InChI=1S/C16H21NO4/c1-12(18)14-8-15(20-2)10-17(9-14)16(19)21-11-13-6-4-3-5-7-13/h3-7,14-15,18H,1,8-11H2,2H3/t14-,15+/m1/s1. The molecule has 21 heavy (non-hydrogen) atoms. The SMILES string of the molecule is C=C(O)[C@@H]1C[C@H](OC)CN(C(=O)OCc2ccccc2)C1. The van der Waals surface area contributed by atoms with Gasteiger partial charge in [0.2, 0.25) is 0 Å². The van der Waals surface area contributed by atoms with Gasteiger partial charge in [0, 0.05) is 19.6 Å². The van der Waals surface area contributed by atoms with Gasteiger partial charge in [0.25, 0.3) is 0 Å². The highest BCUT2D eigenvalue weighted by Crippen LogP contribution is 2.23. The summed E-state index contributed by atoms with van der Waals surface area (Å²) in [6.07, 6.45) is 0.151. The zero-order chi connectivity index (χ0) is 15.2. The Morgan fingerprint density at radius 3 is 2.71 bits per heavy atom. The summed E-state index contributed by atoms with van der Waals surface area (Å²) in [4.78, 5) is 13.7. The third kappa shape index (κ3) is 4.23. The van der Waals surface area contributed by atoms with Crippen LogP contribution in [0.1, 0.15) is 12.0 Å². The molecule has 2 atom stereocenters. The minimum absolute atomic E-state index is 0.0811. The number of piperidine rings is 1. The third-order valence-corrected chi connectivity index (χ3v) is 3.68. The van der Waals surface area contributed by atoms with E-state index < -0.39 is 6.09 Å². The summed E-state index contributed by atoms with van der Waals surface area (Å²) in [5.74, 6) is -0.0921. The van der Waals surface area contributed by atoms with E-state index in [1.807, 2.05) is 30.3 Å². The summed E-state index contributed by atoms with van der Waals surface area (Å²) < 4.78 is 10.6. The van der Waals surface area contributed by atoms with Gasteiger partial charge in [0.15, 0.2) is 0 Å². The molecule has 0 unspecified atom stereocenters. The molecule has 1 heterocycles. The first-order valence-electron chi connectivity index (χ1n) is 6.96. The van der Waals surface area contributed by atoms with E-state index in [-0.39, 0.29) is 24.4 Å². The molecule has 1 aliphatic heterocycles. The van der Waals surface area contributed by atoms with E-state index in [0.29, 0.717) is 19.5 Å². The maximum absolute atomic E-state index is 12.1. The highest BCUT2D eigenvalue weighted by molar-refractivity contribution is 5.68. The van der Waals surface area contributed by atoms with Crippen LogP contribution in [0.15, 0.2) is 42.7 Å². The molecule has 0 radical (unpaired) electrons. The lowest BCUT2D eigenvalue weighted by molar-refractivity contribution is 0.00233. The molecule has 0 bridgehead atoms. The third-order valence-electron chi connectivity index (χ3n) is 3.68. The smallest absolute Gasteiger partial charge is 0.410 e. The Labute approximate surface area is 124 Å². The first-order chi connectivity index (χ1) is 10.1. The highest BCUT2D eigenvalue weighted by atomic mass is 16.6. The van der Waals surface area contributed by atoms with Gasteiger partial charge in [-0.25, -0.2) is 4.79 Å². The number of hydrogen-bond acceptors (Lipinski definition) is 4. The van der Waals surface area contributed by atoms with Crippen molar-refractivity contribution in [1.82, 2.24) is 4.90 Å². The van der Waals surface area contributed by atoms with Gasteiger partial charge in [-0.1, -0.05) is 36.9 Å². The number of methoxy groups -OCH3 is 1. The normalized spacial score (nSPS) is 21.9. The summed E-state index contributed by atoms with van der Waals surface area (Å²) in [6, 6.07) is 9.52. The highest BCUT2D eigenvalue weighted by Gasteiger charge is 2.32. The number of carbonyl (C=O) groups is 1. The summed E-state index contributed by atoms with van der Waals surface area (Å²) >= 11 is 0. The molecular formula is C16H21NO4. The molecular weight excluding hydrogens is 270 g/mol. The van der Waals surface area contributed by atoms with E-state index in [0.717, 1.165) is 5.56 Å². The zero-order valence-corrected chi connectivity index (χ0v) is 12.2. The minimum atomic E-state index is -0.396.